The molecule has 0 spiro atoms. The molecule has 1 unspecified atom stereocenters. The number of hydrogen-bond donors (Lipinski definition) is 1. The Hall–Kier alpha value is -1.92. The minimum absolute atomic E-state index is 0.0564. The number of carbonyl (C=O) groups is 1. The fourth-order valence-corrected chi connectivity index (χ4v) is 3.98. The van der Waals surface area contributed by atoms with Crippen molar-refractivity contribution in [3.8, 4) is 17.0 Å². The standard InChI is InChI=1S/C19H24N2O3S/c1-12-20-16(13-5-7-15(23-4)8-6-13)17(25-12)18(22)21-14-9-10-24-19(2,3)11-14/h5-8,14H,9-11H2,1-4H3,(H,21,22). The van der Waals surface area contributed by atoms with Crippen LogP contribution in [0.25, 0.3) is 11.3 Å². The van der Waals surface area contributed by atoms with Gasteiger partial charge in [0.2, 0.25) is 0 Å². The Kier molecular flexibility index (Phi) is 5.11. The highest BCUT2D eigenvalue weighted by molar-refractivity contribution is 7.14. The quantitative estimate of drug-likeness (QED) is 0.900. The SMILES string of the molecule is COc1ccc(-c2nc(C)sc2C(=O)NC2CCOC(C)(C)C2)cc1. The van der Waals surface area contributed by atoms with Crippen molar-refractivity contribution in [1.82, 2.24) is 10.3 Å². The molecule has 1 fully saturated rings. The zero-order valence-corrected chi connectivity index (χ0v) is 15.9. The summed E-state index contributed by atoms with van der Waals surface area (Å²) < 4.78 is 10.9. The maximum absolute atomic E-state index is 12.8. The Morgan fingerprint density at radius 2 is 2.08 bits per heavy atom. The van der Waals surface area contributed by atoms with Gasteiger partial charge in [-0.25, -0.2) is 4.98 Å². The molecule has 2 heterocycles. The van der Waals surface area contributed by atoms with E-state index in [2.05, 4.69) is 24.1 Å². The smallest absolute Gasteiger partial charge is 0.263 e. The average molecular weight is 360 g/mol. The van der Waals surface area contributed by atoms with Crippen LogP contribution in [0.15, 0.2) is 24.3 Å². The van der Waals surface area contributed by atoms with E-state index in [0.717, 1.165) is 34.9 Å². The lowest BCUT2D eigenvalue weighted by Crippen LogP contribution is -2.45. The summed E-state index contributed by atoms with van der Waals surface area (Å²) in [5.41, 5.74) is 1.45. The van der Waals surface area contributed by atoms with Crippen LogP contribution in [0.5, 0.6) is 5.75 Å². The lowest BCUT2D eigenvalue weighted by atomic mass is 9.94. The summed E-state index contributed by atoms with van der Waals surface area (Å²) in [5.74, 6) is 0.727. The number of benzene rings is 1. The summed E-state index contributed by atoms with van der Waals surface area (Å²) in [4.78, 5) is 18.1. The number of rotatable bonds is 4. The molecule has 0 bridgehead atoms. The number of carbonyl (C=O) groups excluding carboxylic acids is 1. The molecule has 2 aromatic rings. The minimum Gasteiger partial charge on any atom is -0.497 e. The molecule has 5 nitrogen and oxygen atoms in total. The van der Waals surface area contributed by atoms with Crippen LogP contribution in [0.4, 0.5) is 0 Å². The lowest BCUT2D eigenvalue weighted by molar-refractivity contribution is -0.0615. The van der Waals surface area contributed by atoms with Crippen LogP contribution in [0.1, 0.15) is 41.4 Å². The molecule has 1 aliphatic rings. The summed E-state index contributed by atoms with van der Waals surface area (Å²) >= 11 is 1.43. The first-order valence-corrected chi connectivity index (χ1v) is 9.26. The van der Waals surface area contributed by atoms with Crippen molar-refractivity contribution in [2.45, 2.75) is 45.3 Å². The Morgan fingerprint density at radius 1 is 1.36 bits per heavy atom. The highest BCUT2D eigenvalue weighted by Gasteiger charge is 2.30. The number of nitrogens with zero attached hydrogens (tertiary/aromatic N) is 1. The van der Waals surface area contributed by atoms with Gasteiger partial charge in [0.15, 0.2) is 0 Å². The molecular weight excluding hydrogens is 336 g/mol. The molecule has 0 aliphatic carbocycles. The van der Waals surface area contributed by atoms with Crippen LogP contribution < -0.4 is 10.1 Å². The van der Waals surface area contributed by atoms with Crippen molar-refractivity contribution in [1.29, 1.82) is 0 Å². The van der Waals surface area contributed by atoms with Gasteiger partial charge < -0.3 is 14.8 Å². The van der Waals surface area contributed by atoms with E-state index in [1.165, 1.54) is 11.3 Å². The molecule has 1 aliphatic heterocycles. The van der Waals surface area contributed by atoms with E-state index in [4.69, 9.17) is 9.47 Å². The highest BCUT2D eigenvalue weighted by Crippen LogP contribution is 2.30. The van der Waals surface area contributed by atoms with Crippen LogP contribution in [0.2, 0.25) is 0 Å². The normalized spacial score (nSPS) is 19.4. The number of hydrogen-bond acceptors (Lipinski definition) is 5. The maximum Gasteiger partial charge on any atom is 0.263 e. The van der Waals surface area contributed by atoms with Gasteiger partial charge in [0.1, 0.15) is 10.6 Å². The fourth-order valence-electron chi connectivity index (χ4n) is 3.13. The van der Waals surface area contributed by atoms with Crippen LogP contribution in [-0.4, -0.2) is 36.3 Å². The maximum atomic E-state index is 12.8. The second-order valence-corrected chi connectivity index (χ2v) is 8.11. The molecule has 134 valence electrons. The van der Waals surface area contributed by atoms with Gasteiger partial charge in [0.05, 0.1) is 23.4 Å². The van der Waals surface area contributed by atoms with Gasteiger partial charge in [-0.1, -0.05) is 0 Å². The van der Waals surface area contributed by atoms with Gasteiger partial charge >= 0.3 is 0 Å². The molecule has 6 heteroatoms. The average Bonchev–Trinajstić information content (AvgIpc) is 2.96. The Bertz CT molecular complexity index is 753. The Labute approximate surface area is 152 Å². The molecule has 1 aromatic carbocycles. The number of nitrogens with one attached hydrogen (secondary N) is 1. The van der Waals surface area contributed by atoms with Crippen LogP contribution in [-0.2, 0) is 4.74 Å². The summed E-state index contributed by atoms with van der Waals surface area (Å²) in [6.07, 6.45) is 1.65. The van der Waals surface area contributed by atoms with E-state index in [9.17, 15) is 4.79 Å². The summed E-state index contributed by atoms with van der Waals surface area (Å²) in [6, 6.07) is 7.75. The highest BCUT2D eigenvalue weighted by atomic mass is 32.1. The topological polar surface area (TPSA) is 60.5 Å². The number of amides is 1. The van der Waals surface area contributed by atoms with Gasteiger partial charge in [-0.3, -0.25) is 4.79 Å². The largest absolute Gasteiger partial charge is 0.497 e. The van der Waals surface area contributed by atoms with E-state index in [1.54, 1.807) is 7.11 Å². The number of methoxy groups -OCH3 is 1. The summed E-state index contributed by atoms with van der Waals surface area (Å²) in [6.45, 7) is 6.72. The van der Waals surface area contributed by atoms with Crippen molar-refractivity contribution in [3.63, 3.8) is 0 Å². The van der Waals surface area contributed by atoms with Crippen molar-refractivity contribution in [2.75, 3.05) is 13.7 Å². The third kappa shape index (κ3) is 4.19. The number of aryl methyl sites for hydroxylation is 1. The zero-order valence-electron chi connectivity index (χ0n) is 15.1. The van der Waals surface area contributed by atoms with Crippen LogP contribution in [0, 0.1) is 6.92 Å². The van der Waals surface area contributed by atoms with Gasteiger partial charge in [-0.15, -0.1) is 11.3 Å². The Morgan fingerprint density at radius 3 is 2.72 bits per heavy atom. The van der Waals surface area contributed by atoms with Crippen molar-refractivity contribution in [3.05, 3.63) is 34.2 Å². The van der Waals surface area contributed by atoms with Gasteiger partial charge in [-0.2, -0.15) is 0 Å². The van der Waals surface area contributed by atoms with Crippen molar-refractivity contribution in [2.24, 2.45) is 0 Å². The monoisotopic (exact) mass is 360 g/mol. The zero-order chi connectivity index (χ0) is 18.0. The molecule has 1 amide bonds. The Balaban J connectivity index is 1.81. The fraction of sp³-hybridized carbons (Fsp3) is 0.474. The first-order chi connectivity index (χ1) is 11.9. The van der Waals surface area contributed by atoms with Crippen molar-refractivity contribution < 1.29 is 14.3 Å². The third-order valence-electron chi connectivity index (χ3n) is 4.34. The molecule has 1 atom stereocenters. The van der Waals surface area contributed by atoms with E-state index < -0.39 is 0 Å². The number of thiazole rings is 1. The summed E-state index contributed by atoms with van der Waals surface area (Å²) in [7, 11) is 1.64. The molecule has 3 rings (SSSR count). The minimum atomic E-state index is -0.196. The first-order valence-electron chi connectivity index (χ1n) is 8.44. The molecule has 25 heavy (non-hydrogen) atoms. The molecular formula is C19H24N2O3S. The molecule has 0 radical (unpaired) electrons. The van der Waals surface area contributed by atoms with Gasteiger partial charge in [-0.05, 0) is 57.9 Å². The van der Waals surface area contributed by atoms with Gasteiger partial charge in [0.25, 0.3) is 5.91 Å². The lowest BCUT2D eigenvalue weighted by Gasteiger charge is -2.35. The van der Waals surface area contributed by atoms with Gasteiger partial charge in [0, 0.05) is 18.2 Å². The first kappa shape index (κ1) is 17.9. The van der Waals surface area contributed by atoms with E-state index in [-0.39, 0.29) is 17.6 Å². The second kappa shape index (κ2) is 7.14. The van der Waals surface area contributed by atoms with E-state index >= 15 is 0 Å². The van der Waals surface area contributed by atoms with Crippen LogP contribution >= 0.6 is 11.3 Å². The molecule has 0 saturated carbocycles. The van der Waals surface area contributed by atoms with E-state index in [1.807, 2.05) is 31.2 Å². The third-order valence-corrected chi connectivity index (χ3v) is 5.31. The van der Waals surface area contributed by atoms with Crippen molar-refractivity contribution >= 4 is 17.2 Å². The molecule has 1 aromatic heterocycles. The number of ether oxygens (including phenoxy) is 2. The second-order valence-electron chi connectivity index (χ2n) is 6.91. The predicted octanol–water partition coefficient (Wildman–Crippen LogP) is 3.81. The molecule has 1 N–H and O–H groups in total. The number of aromatic nitrogens is 1. The summed E-state index contributed by atoms with van der Waals surface area (Å²) in [5, 5.41) is 4.04. The molecule has 1 saturated heterocycles. The predicted molar refractivity (Wildman–Crippen MR) is 99.4 cm³/mol. The van der Waals surface area contributed by atoms with E-state index in [0.29, 0.717) is 11.5 Å². The van der Waals surface area contributed by atoms with Crippen LogP contribution in [0.3, 0.4) is 0 Å².